The number of aryl methyl sites for hydroxylation is 1. The number of carbonyl (C=O) groups excluding carboxylic acids is 1. The lowest BCUT2D eigenvalue weighted by Gasteiger charge is -2.04. The Morgan fingerprint density at radius 2 is 2.18 bits per heavy atom. The van der Waals surface area contributed by atoms with Gasteiger partial charge in [-0.1, -0.05) is 11.6 Å². The van der Waals surface area contributed by atoms with Crippen LogP contribution in [0.5, 0.6) is 0 Å². The molecule has 17 heavy (non-hydrogen) atoms. The molecule has 0 saturated heterocycles. The van der Waals surface area contributed by atoms with Crippen molar-refractivity contribution in [2.24, 2.45) is 0 Å². The van der Waals surface area contributed by atoms with E-state index in [1.165, 1.54) is 0 Å². The average molecular weight is 252 g/mol. The van der Waals surface area contributed by atoms with E-state index in [9.17, 15) is 4.79 Å². The van der Waals surface area contributed by atoms with E-state index in [1.807, 2.05) is 23.6 Å². The minimum absolute atomic E-state index is 0.0217. The summed E-state index contributed by atoms with van der Waals surface area (Å²) in [4.78, 5) is 11.6. The second-order valence-electron chi connectivity index (χ2n) is 4.13. The van der Waals surface area contributed by atoms with Crippen LogP contribution in [0, 0.1) is 6.92 Å². The van der Waals surface area contributed by atoms with Gasteiger partial charge in [0.1, 0.15) is 0 Å². The molecule has 0 aliphatic carbocycles. The van der Waals surface area contributed by atoms with E-state index in [0.29, 0.717) is 17.1 Å². The topological polar surface area (TPSA) is 42.2 Å². The average Bonchev–Trinajstić information content (AvgIpc) is 2.59. The first-order chi connectivity index (χ1) is 8.04. The molecule has 4 heteroatoms. The fourth-order valence-electron chi connectivity index (χ4n) is 1.99. The predicted molar refractivity (Wildman–Crippen MR) is 68.8 cm³/mol. The van der Waals surface area contributed by atoms with E-state index in [0.717, 1.165) is 16.5 Å². The van der Waals surface area contributed by atoms with E-state index in [4.69, 9.17) is 16.7 Å². The SMILES string of the molecule is CC(=O)c1cn(CCO)c2cc(Cl)c(C)cc12. The lowest BCUT2D eigenvalue weighted by molar-refractivity contribution is 0.101. The lowest BCUT2D eigenvalue weighted by atomic mass is 10.1. The maximum Gasteiger partial charge on any atom is 0.161 e. The largest absolute Gasteiger partial charge is 0.395 e. The summed E-state index contributed by atoms with van der Waals surface area (Å²) in [7, 11) is 0. The number of benzene rings is 1. The highest BCUT2D eigenvalue weighted by molar-refractivity contribution is 6.32. The maximum atomic E-state index is 11.6. The third kappa shape index (κ3) is 2.08. The standard InChI is InChI=1S/C13H14ClNO2/c1-8-5-10-11(9(2)17)7-15(3-4-16)13(10)6-12(8)14/h5-7,16H,3-4H2,1-2H3. The van der Waals surface area contributed by atoms with Gasteiger partial charge in [-0.05, 0) is 31.5 Å². The molecule has 0 fully saturated rings. The highest BCUT2D eigenvalue weighted by Gasteiger charge is 2.13. The first-order valence-electron chi connectivity index (χ1n) is 5.45. The normalized spacial score (nSPS) is 11.1. The third-order valence-electron chi connectivity index (χ3n) is 2.88. The molecular formula is C13H14ClNO2. The molecule has 1 aromatic heterocycles. The van der Waals surface area contributed by atoms with Crippen molar-refractivity contribution >= 4 is 28.3 Å². The smallest absolute Gasteiger partial charge is 0.161 e. The van der Waals surface area contributed by atoms with E-state index < -0.39 is 0 Å². The van der Waals surface area contributed by atoms with Gasteiger partial charge in [0.2, 0.25) is 0 Å². The van der Waals surface area contributed by atoms with Crippen molar-refractivity contribution in [2.45, 2.75) is 20.4 Å². The van der Waals surface area contributed by atoms with Crippen molar-refractivity contribution < 1.29 is 9.90 Å². The number of hydrogen-bond donors (Lipinski definition) is 1. The summed E-state index contributed by atoms with van der Waals surface area (Å²) in [6, 6.07) is 3.76. The molecule has 0 aliphatic heterocycles. The number of fused-ring (bicyclic) bond motifs is 1. The molecule has 2 aromatic rings. The van der Waals surface area contributed by atoms with E-state index in [1.54, 1.807) is 13.1 Å². The molecule has 1 aromatic carbocycles. The number of aromatic nitrogens is 1. The molecule has 0 aliphatic rings. The van der Waals surface area contributed by atoms with Gasteiger partial charge in [-0.25, -0.2) is 0 Å². The van der Waals surface area contributed by atoms with E-state index in [-0.39, 0.29) is 12.4 Å². The number of carbonyl (C=O) groups is 1. The summed E-state index contributed by atoms with van der Waals surface area (Å²) < 4.78 is 1.86. The second kappa shape index (κ2) is 4.51. The van der Waals surface area contributed by atoms with Crippen LogP contribution in [-0.4, -0.2) is 22.1 Å². The minimum atomic E-state index is 0.0217. The van der Waals surface area contributed by atoms with E-state index >= 15 is 0 Å². The Labute approximate surface area is 105 Å². The van der Waals surface area contributed by atoms with Crippen LogP contribution in [0.4, 0.5) is 0 Å². The molecular weight excluding hydrogens is 238 g/mol. The number of aliphatic hydroxyl groups is 1. The zero-order valence-electron chi connectivity index (χ0n) is 9.83. The van der Waals surface area contributed by atoms with Crippen molar-refractivity contribution in [3.8, 4) is 0 Å². The summed E-state index contributed by atoms with van der Waals surface area (Å²) in [6.07, 6.45) is 1.78. The molecule has 0 unspecified atom stereocenters. The van der Waals surface area contributed by atoms with Gasteiger partial charge in [-0.15, -0.1) is 0 Å². The first kappa shape index (κ1) is 12.1. The molecule has 0 spiro atoms. The summed E-state index contributed by atoms with van der Waals surface area (Å²) >= 11 is 6.09. The summed E-state index contributed by atoms with van der Waals surface area (Å²) in [6.45, 7) is 3.95. The molecule has 0 radical (unpaired) electrons. The highest BCUT2D eigenvalue weighted by Crippen LogP contribution is 2.28. The monoisotopic (exact) mass is 251 g/mol. The Morgan fingerprint density at radius 1 is 1.47 bits per heavy atom. The summed E-state index contributed by atoms with van der Waals surface area (Å²) in [5.41, 5.74) is 2.51. The highest BCUT2D eigenvalue weighted by atomic mass is 35.5. The van der Waals surface area contributed by atoms with E-state index in [2.05, 4.69) is 0 Å². The molecule has 0 bridgehead atoms. The molecule has 0 atom stereocenters. The van der Waals surface area contributed by atoms with Crippen molar-refractivity contribution in [3.05, 3.63) is 34.5 Å². The third-order valence-corrected chi connectivity index (χ3v) is 3.29. The molecule has 90 valence electrons. The van der Waals surface area contributed by atoms with Crippen LogP contribution in [0.25, 0.3) is 10.9 Å². The summed E-state index contributed by atoms with van der Waals surface area (Å²) in [5.74, 6) is 0.0217. The number of nitrogens with zero attached hydrogens (tertiary/aromatic N) is 1. The molecule has 1 N–H and O–H groups in total. The molecule has 0 amide bonds. The Hall–Kier alpha value is -1.32. The van der Waals surface area contributed by atoms with Crippen LogP contribution in [0.15, 0.2) is 18.3 Å². The zero-order valence-corrected chi connectivity index (χ0v) is 10.6. The number of hydrogen-bond acceptors (Lipinski definition) is 2. The number of rotatable bonds is 3. The number of halogens is 1. The van der Waals surface area contributed by atoms with Gasteiger partial charge in [0.15, 0.2) is 5.78 Å². The van der Waals surface area contributed by atoms with Crippen LogP contribution < -0.4 is 0 Å². The number of ketones is 1. The predicted octanol–water partition coefficient (Wildman–Crippen LogP) is 2.80. The molecule has 0 saturated carbocycles. The van der Waals surface area contributed by atoms with Gasteiger partial charge < -0.3 is 9.67 Å². The van der Waals surface area contributed by atoms with Gasteiger partial charge in [-0.2, -0.15) is 0 Å². The lowest BCUT2D eigenvalue weighted by Crippen LogP contribution is -2.00. The molecule has 2 rings (SSSR count). The van der Waals surface area contributed by atoms with Crippen molar-refractivity contribution in [1.82, 2.24) is 4.57 Å². The first-order valence-corrected chi connectivity index (χ1v) is 5.83. The van der Waals surface area contributed by atoms with Gasteiger partial charge in [0.05, 0.1) is 12.1 Å². The second-order valence-corrected chi connectivity index (χ2v) is 4.54. The quantitative estimate of drug-likeness (QED) is 0.853. The fraction of sp³-hybridized carbons (Fsp3) is 0.308. The van der Waals surface area contributed by atoms with Crippen molar-refractivity contribution in [3.63, 3.8) is 0 Å². The van der Waals surface area contributed by atoms with Crippen molar-refractivity contribution in [1.29, 1.82) is 0 Å². The molecule has 3 nitrogen and oxygen atoms in total. The maximum absolute atomic E-state index is 11.6. The fourth-order valence-corrected chi connectivity index (χ4v) is 2.15. The Morgan fingerprint density at radius 3 is 2.76 bits per heavy atom. The van der Waals surface area contributed by atoms with Crippen LogP contribution in [-0.2, 0) is 6.54 Å². The van der Waals surface area contributed by atoms with Gasteiger partial charge in [0.25, 0.3) is 0 Å². The Bertz CT molecular complexity index is 587. The van der Waals surface area contributed by atoms with Crippen molar-refractivity contribution in [2.75, 3.05) is 6.61 Å². The van der Waals surface area contributed by atoms with Crippen LogP contribution in [0.2, 0.25) is 5.02 Å². The Balaban J connectivity index is 2.76. The van der Waals surface area contributed by atoms with Gasteiger partial charge >= 0.3 is 0 Å². The van der Waals surface area contributed by atoms with Crippen LogP contribution >= 0.6 is 11.6 Å². The van der Waals surface area contributed by atoms with Crippen LogP contribution in [0.1, 0.15) is 22.8 Å². The number of aliphatic hydroxyl groups excluding tert-OH is 1. The van der Waals surface area contributed by atoms with Gasteiger partial charge in [-0.3, -0.25) is 4.79 Å². The summed E-state index contributed by atoms with van der Waals surface area (Å²) in [5, 5.41) is 10.6. The minimum Gasteiger partial charge on any atom is -0.395 e. The molecule has 1 heterocycles. The van der Waals surface area contributed by atoms with Crippen LogP contribution in [0.3, 0.4) is 0 Å². The number of Topliss-reactive ketones (excluding diaryl/α,β-unsaturated/α-hetero) is 1. The Kier molecular flexibility index (Phi) is 3.22. The van der Waals surface area contributed by atoms with Gasteiger partial charge in [0, 0.05) is 28.7 Å². The zero-order chi connectivity index (χ0) is 12.6.